The Labute approximate surface area is 94.1 Å². The molecule has 0 spiro atoms. The van der Waals surface area contributed by atoms with Crippen molar-refractivity contribution in [1.29, 1.82) is 0 Å². The number of aromatic nitrogens is 2. The fourth-order valence-corrected chi connectivity index (χ4v) is 1.27. The molecule has 2 heterocycles. The minimum absolute atomic E-state index is 0.0250. The van der Waals surface area contributed by atoms with E-state index >= 15 is 0 Å². The van der Waals surface area contributed by atoms with Crippen LogP contribution >= 0.6 is 0 Å². The zero-order valence-electron chi connectivity index (χ0n) is 8.74. The van der Waals surface area contributed by atoms with Gasteiger partial charge in [-0.05, 0) is 35.9 Å². The van der Waals surface area contributed by atoms with Gasteiger partial charge in [-0.25, -0.2) is 0 Å². The lowest BCUT2D eigenvalue weighted by atomic mass is 10.2. The second-order valence-electron chi connectivity index (χ2n) is 3.34. The fourth-order valence-electron chi connectivity index (χ4n) is 1.27. The topological polar surface area (TPSA) is 46.0 Å². The number of nitrogens with zero attached hydrogens (tertiary/aromatic N) is 2. The van der Waals surface area contributed by atoms with Crippen LogP contribution in [0.5, 0.6) is 0 Å². The van der Waals surface area contributed by atoms with Crippen molar-refractivity contribution >= 4 is 12.2 Å². The lowest BCUT2D eigenvalue weighted by molar-refractivity contribution is 0.281. The zero-order valence-corrected chi connectivity index (χ0v) is 8.74. The Morgan fingerprint density at radius 1 is 1.00 bits per heavy atom. The van der Waals surface area contributed by atoms with Gasteiger partial charge in [0.1, 0.15) is 0 Å². The number of aliphatic hydroxyl groups is 1. The molecule has 0 radical (unpaired) electrons. The van der Waals surface area contributed by atoms with Crippen molar-refractivity contribution in [2.45, 2.75) is 6.61 Å². The largest absolute Gasteiger partial charge is 0.392 e. The third-order valence-electron chi connectivity index (χ3n) is 2.14. The average molecular weight is 212 g/mol. The van der Waals surface area contributed by atoms with Crippen molar-refractivity contribution in [3.8, 4) is 0 Å². The Kier molecular flexibility index (Phi) is 3.41. The first-order chi connectivity index (χ1) is 7.88. The van der Waals surface area contributed by atoms with E-state index in [1.807, 2.05) is 42.5 Å². The van der Waals surface area contributed by atoms with Crippen LogP contribution in [0.3, 0.4) is 0 Å². The summed E-state index contributed by atoms with van der Waals surface area (Å²) in [5, 5.41) is 8.87. The van der Waals surface area contributed by atoms with E-state index in [2.05, 4.69) is 9.97 Å². The summed E-state index contributed by atoms with van der Waals surface area (Å²) in [5.41, 5.74) is 2.56. The Hall–Kier alpha value is -2.00. The van der Waals surface area contributed by atoms with Gasteiger partial charge in [-0.1, -0.05) is 12.1 Å². The Morgan fingerprint density at radius 3 is 2.38 bits per heavy atom. The van der Waals surface area contributed by atoms with Crippen molar-refractivity contribution in [3.63, 3.8) is 0 Å². The Bertz CT molecular complexity index is 463. The maximum atomic E-state index is 8.87. The number of pyridine rings is 2. The molecule has 3 nitrogen and oxygen atoms in total. The molecule has 2 aromatic heterocycles. The summed E-state index contributed by atoms with van der Waals surface area (Å²) in [5.74, 6) is 0. The van der Waals surface area contributed by atoms with Gasteiger partial charge in [-0.15, -0.1) is 0 Å². The highest BCUT2D eigenvalue weighted by atomic mass is 16.3. The highest BCUT2D eigenvalue weighted by molar-refractivity contribution is 5.65. The van der Waals surface area contributed by atoms with Gasteiger partial charge in [0, 0.05) is 12.4 Å². The van der Waals surface area contributed by atoms with Crippen LogP contribution in [0.2, 0.25) is 0 Å². The van der Waals surface area contributed by atoms with Gasteiger partial charge in [0.2, 0.25) is 0 Å². The van der Waals surface area contributed by atoms with Crippen LogP contribution in [0.25, 0.3) is 12.2 Å². The predicted octanol–water partition coefficient (Wildman–Crippen LogP) is 2.14. The molecule has 0 fully saturated rings. The molecule has 0 aliphatic heterocycles. The summed E-state index contributed by atoms with van der Waals surface area (Å²) in [4.78, 5) is 8.36. The SMILES string of the molecule is OCc1ccc(C=Cc2ccccn2)nc1. The molecule has 0 bridgehead atoms. The molecule has 3 heteroatoms. The summed E-state index contributed by atoms with van der Waals surface area (Å²) >= 11 is 0. The highest BCUT2D eigenvalue weighted by Gasteiger charge is 1.91. The van der Waals surface area contributed by atoms with Crippen LogP contribution in [0, 0.1) is 0 Å². The molecule has 0 amide bonds. The summed E-state index contributed by atoms with van der Waals surface area (Å²) in [6.07, 6.45) is 7.21. The van der Waals surface area contributed by atoms with Crippen LogP contribution in [-0.2, 0) is 6.61 Å². The van der Waals surface area contributed by atoms with Crippen LogP contribution in [0.1, 0.15) is 17.0 Å². The van der Waals surface area contributed by atoms with Crippen molar-refractivity contribution in [2.75, 3.05) is 0 Å². The van der Waals surface area contributed by atoms with Gasteiger partial charge in [0.25, 0.3) is 0 Å². The Morgan fingerprint density at radius 2 is 1.81 bits per heavy atom. The first-order valence-electron chi connectivity index (χ1n) is 5.03. The molecule has 0 aromatic carbocycles. The molecule has 0 aliphatic carbocycles. The fraction of sp³-hybridized carbons (Fsp3) is 0.0769. The van der Waals surface area contributed by atoms with E-state index in [9.17, 15) is 0 Å². The quantitative estimate of drug-likeness (QED) is 0.847. The van der Waals surface area contributed by atoms with Crippen LogP contribution < -0.4 is 0 Å². The maximum absolute atomic E-state index is 8.87. The molecule has 0 saturated heterocycles. The van der Waals surface area contributed by atoms with Crippen molar-refractivity contribution in [1.82, 2.24) is 9.97 Å². The zero-order chi connectivity index (χ0) is 11.2. The van der Waals surface area contributed by atoms with Gasteiger partial charge in [0.15, 0.2) is 0 Å². The van der Waals surface area contributed by atoms with E-state index in [1.165, 1.54) is 0 Å². The van der Waals surface area contributed by atoms with Gasteiger partial charge in [0.05, 0.1) is 18.0 Å². The second-order valence-corrected chi connectivity index (χ2v) is 3.34. The van der Waals surface area contributed by atoms with Crippen molar-refractivity contribution in [3.05, 3.63) is 59.7 Å². The normalized spacial score (nSPS) is 10.8. The van der Waals surface area contributed by atoms with Crippen LogP contribution in [-0.4, -0.2) is 15.1 Å². The number of hydrogen-bond donors (Lipinski definition) is 1. The highest BCUT2D eigenvalue weighted by Crippen LogP contribution is 2.05. The predicted molar refractivity (Wildman–Crippen MR) is 63.3 cm³/mol. The molecule has 0 atom stereocenters. The van der Waals surface area contributed by atoms with E-state index in [4.69, 9.17) is 5.11 Å². The maximum Gasteiger partial charge on any atom is 0.0696 e. The monoisotopic (exact) mass is 212 g/mol. The molecule has 1 N–H and O–H groups in total. The Balaban J connectivity index is 2.12. The summed E-state index contributed by atoms with van der Waals surface area (Å²) in [6, 6.07) is 9.47. The lowest BCUT2D eigenvalue weighted by Crippen LogP contribution is -1.86. The third-order valence-corrected chi connectivity index (χ3v) is 2.14. The van der Waals surface area contributed by atoms with E-state index in [-0.39, 0.29) is 6.61 Å². The van der Waals surface area contributed by atoms with Crippen molar-refractivity contribution < 1.29 is 5.11 Å². The number of rotatable bonds is 3. The molecule has 80 valence electrons. The molecule has 0 unspecified atom stereocenters. The molecule has 2 rings (SSSR count). The molecule has 16 heavy (non-hydrogen) atoms. The summed E-state index contributed by atoms with van der Waals surface area (Å²) in [7, 11) is 0. The molecule has 0 saturated carbocycles. The standard InChI is InChI=1S/C13H12N2O/c16-10-11-4-5-13(15-9-11)7-6-12-3-1-2-8-14-12/h1-9,16H,10H2. The van der Waals surface area contributed by atoms with Crippen molar-refractivity contribution in [2.24, 2.45) is 0 Å². The smallest absolute Gasteiger partial charge is 0.0696 e. The number of hydrogen-bond acceptors (Lipinski definition) is 3. The van der Waals surface area contributed by atoms with Gasteiger partial charge < -0.3 is 5.11 Å². The molecule has 0 aliphatic rings. The van der Waals surface area contributed by atoms with E-state index in [1.54, 1.807) is 12.4 Å². The van der Waals surface area contributed by atoms with Gasteiger partial charge in [-0.2, -0.15) is 0 Å². The summed E-state index contributed by atoms with van der Waals surface area (Å²) in [6.45, 7) is 0.0250. The van der Waals surface area contributed by atoms with Gasteiger partial charge >= 0.3 is 0 Å². The van der Waals surface area contributed by atoms with Crippen LogP contribution in [0.4, 0.5) is 0 Å². The minimum Gasteiger partial charge on any atom is -0.392 e. The first kappa shape index (κ1) is 10.5. The second kappa shape index (κ2) is 5.19. The third kappa shape index (κ3) is 2.74. The van der Waals surface area contributed by atoms with E-state index in [0.717, 1.165) is 17.0 Å². The van der Waals surface area contributed by atoms with Crippen LogP contribution in [0.15, 0.2) is 42.7 Å². The first-order valence-corrected chi connectivity index (χ1v) is 5.03. The molecular weight excluding hydrogens is 200 g/mol. The molecular formula is C13H12N2O. The average Bonchev–Trinajstić information content (AvgIpc) is 2.38. The summed E-state index contributed by atoms with van der Waals surface area (Å²) < 4.78 is 0. The molecule has 2 aromatic rings. The van der Waals surface area contributed by atoms with E-state index in [0.29, 0.717) is 0 Å². The number of aliphatic hydroxyl groups excluding tert-OH is 1. The van der Waals surface area contributed by atoms with E-state index < -0.39 is 0 Å². The van der Waals surface area contributed by atoms with Gasteiger partial charge in [-0.3, -0.25) is 9.97 Å². The minimum atomic E-state index is 0.0250. The lowest BCUT2D eigenvalue weighted by Gasteiger charge is -1.96.